The van der Waals surface area contributed by atoms with Crippen LogP contribution >= 0.6 is 11.6 Å². The number of nitrogens with zero attached hydrogens (tertiary/aromatic N) is 2. The number of nitrogens with one attached hydrogen (secondary N) is 2. The third-order valence-corrected chi connectivity index (χ3v) is 7.99. The second-order valence-corrected chi connectivity index (χ2v) is 11.2. The number of pyridine rings is 1. The van der Waals surface area contributed by atoms with Crippen molar-refractivity contribution >= 4 is 23.4 Å². The monoisotopic (exact) mass is 613 g/mol. The molecule has 2 amide bonds. The van der Waals surface area contributed by atoms with Crippen molar-refractivity contribution < 1.29 is 23.1 Å². The fraction of sp³-hybridized carbons (Fsp3) is 0.406. The van der Waals surface area contributed by atoms with Gasteiger partial charge in [-0.15, -0.1) is 0 Å². The van der Waals surface area contributed by atoms with E-state index in [9.17, 15) is 18.4 Å². The number of benzene rings is 2. The van der Waals surface area contributed by atoms with Crippen molar-refractivity contribution in [3.63, 3.8) is 0 Å². The zero-order valence-corrected chi connectivity index (χ0v) is 24.7. The Hall–Kier alpha value is -3.60. The Morgan fingerprint density at radius 1 is 1.00 bits per heavy atom. The van der Waals surface area contributed by atoms with Crippen LogP contribution in [0, 0.1) is 23.5 Å². The van der Waals surface area contributed by atoms with Gasteiger partial charge in [0.2, 0.25) is 11.8 Å². The normalized spacial score (nSPS) is 16.9. The zero-order chi connectivity index (χ0) is 30.6. The Morgan fingerprint density at radius 3 is 2.30 bits per heavy atom. The molecule has 3 aromatic rings. The molecule has 11 heteroatoms. The molecule has 2 fully saturated rings. The molecule has 4 N–H and O–H groups in total. The maximum atomic E-state index is 13.7. The largest absolute Gasteiger partial charge is 0.489 e. The number of likely N-dealkylation sites (tertiary alicyclic amines) is 1. The van der Waals surface area contributed by atoms with Crippen molar-refractivity contribution in [2.24, 2.45) is 17.6 Å². The van der Waals surface area contributed by atoms with Gasteiger partial charge in [-0.1, -0.05) is 35.9 Å². The van der Waals surface area contributed by atoms with E-state index in [0.29, 0.717) is 36.7 Å². The van der Waals surface area contributed by atoms with Gasteiger partial charge in [0.15, 0.2) is 11.6 Å². The molecule has 0 aliphatic carbocycles. The average molecular weight is 614 g/mol. The molecule has 0 radical (unpaired) electrons. The lowest BCUT2D eigenvalue weighted by atomic mass is 9.94. The van der Waals surface area contributed by atoms with E-state index in [1.807, 2.05) is 12.1 Å². The van der Waals surface area contributed by atoms with E-state index in [2.05, 4.69) is 20.5 Å². The maximum absolute atomic E-state index is 13.7. The van der Waals surface area contributed by atoms with E-state index in [0.717, 1.165) is 50.8 Å². The molecule has 5 rings (SSSR count). The van der Waals surface area contributed by atoms with Crippen molar-refractivity contribution in [1.82, 2.24) is 20.5 Å². The number of para-hydroxylation sites is 1. The highest BCUT2D eigenvalue weighted by Gasteiger charge is 2.28. The van der Waals surface area contributed by atoms with Gasteiger partial charge in [0.05, 0.1) is 17.9 Å². The third kappa shape index (κ3) is 9.98. The quantitative estimate of drug-likeness (QED) is 0.328. The Labute approximate surface area is 256 Å². The van der Waals surface area contributed by atoms with Crippen molar-refractivity contribution in [3.05, 3.63) is 94.8 Å². The van der Waals surface area contributed by atoms with E-state index < -0.39 is 11.9 Å². The SMILES string of the molecule is NC(=O)C1CCNCC1.O=C(NC(c1ccc(Cl)cc1)c1ccc(F)cn1)C1CCN(CCOc2ccccc2F)CC1. The van der Waals surface area contributed by atoms with Crippen LogP contribution in [0.2, 0.25) is 5.02 Å². The van der Waals surface area contributed by atoms with Crippen LogP contribution in [0.15, 0.2) is 66.9 Å². The molecule has 0 bridgehead atoms. The highest BCUT2D eigenvalue weighted by atomic mass is 35.5. The number of ether oxygens (including phenoxy) is 1. The van der Waals surface area contributed by atoms with Gasteiger partial charge >= 0.3 is 0 Å². The molecular formula is C32H38ClF2N5O3. The molecule has 0 spiro atoms. The number of amides is 2. The van der Waals surface area contributed by atoms with Crippen LogP contribution in [0.1, 0.15) is 43.0 Å². The van der Waals surface area contributed by atoms with Crippen LogP contribution in [0.4, 0.5) is 8.78 Å². The number of hydrogen-bond donors (Lipinski definition) is 3. The van der Waals surface area contributed by atoms with Gasteiger partial charge in [0.1, 0.15) is 12.4 Å². The highest BCUT2D eigenvalue weighted by molar-refractivity contribution is 6.30. The summed E-state index contributed by atoms with van der Waals surface area (Å²) in [5, 5.41) is 6.84. The number of nitrogens with two attached hydrogens (primary N) is 1. The second-order valence-electron chi connectivity index (χ2n) is 10.7. The molecule has 230 valence electrons. The van der Waals surface area contributed by atoms with Gasteiger partial charge in [-0.3, -0.25) is 19.5 Å². The van der Waals surface area contributed by atoms with Crippen molar-refractivity contribution in [1.29, 1.82) is 0 Å². The summed E-state index contributed by atoms with van der Waals surface area (Å²) in [5.41, 5.74) is 6.47. The summed E-state index contributed by atoms with van der Waals surface area (Å²) in [6.45, 7) is 4.42. The smallest absolute Gasteiger partial charge is 0.224 e. The number of piperidine rings is 2. The summed E-state index contributed by atoms with van der Waals surface area (Å²) in [5.74, 6) is -0.769. The fourth-order valence-corrected chi connectivity index (χ4v) is 5.30. The van der Waals surface area contributed by atoms with Gasteiger partial charge in [0, 0.05) is 23.4 Å². The predicted molar refractivity (Wildman–Crippen MR) is 161 cm³/mol. The molecule has 1 atom stereocenters. The number of rotatable bonds is 9. The van der Waals surface area contributed by atoms with Crippen LogP contribution in [-0.2, 0) is 9.59 Å². The van der Waals surface area contributed by atoms with Crippen molar-refractivity contribution in [2.45, 2.75) is 31.7 Å². The first-order valence-corrected chi connectivity index (χ1v) is 14.9. The molecule has 1 aromatic heterocycles. The van der Waals surface area contributed by atoms with Gasteiger partial charge in [-0.25, -0.2) is 8.78 Å². The van der Waals surface area contributed by atoms with E-state index >= 15 is 0 Å². The van der Waals surface area contributed by atoms with Crippen LogP contribution < -0.4 is 21.1 Å². The standard InChI is InChI=1S/C26H26ClF2N3O2.C6H12N2O/c27-20-7-5-18(6-8-20)25(23-10-9-21(28)17-30-23)31-26(33)19-11-13-32(14-12-19)15-16-34-24-4-2-1-3-22(24)29;7-6(9)5-1-3-8-4-2-5/h1-10,17,19,25H,11-16H2,(H,31,33);5,8H,1-4H2,(H2,7,9). The minimum atomic E-state index is -0.502. The van der Waals surface area contributed by atoms with E-state index in [4.69, 9.17) is 22.1 Å². The Morgan fingerprint density at radius 2 is 1.70 bits per heavy atom. The van der Waals surface area contributed by atoms with E-state index in [1.165, 1.54) is 12.1 Å². The highest BCUT2D eigenvalue weighted by Crippen LogP contribution is 2.25. The molecule has 0 saturated carbocycles. The molecular weight excluding hydrogens is 576 g/mol. The summed E-state index contributed by atoms with van der Waals surface area (Å²) in [7, 11) is 0. The number of aromatic nitrogens is 1. The Bertz CT molecular complexity index is 1270. The Balaban J connectivity index is 0.000000403. The number of primary amides is 1. The summed E-state index contributed by atoms with van der Waals surface area (Å²) in [4.78, 5) is 30.0. The Kier molecular flexibility index (Phi) is 12.3. The first-order valence-electron chi connectivity index (χ1n) is 14.6. The maximum Gasteiger partial charge on any atom is 0.224 e. The summed E-state index contributed by atoms with van der Waals surface area (Å²) < 4.78 is 32.6. The van der Waals surface area contributed by atoms with Gasteiger partial charge < -0.3 is 21.1 Å². The van der Waals surface area contributed by atoms with E-state index in [1.54, 1.807) is 36.4 Å². The van der Waals surface area contributed by atoms with Gasteiger partial charge in [0.25, 0.3) is 0 Å². The number of hydrogen-bond acceptors (Lipinski definition) is 6. The first-order chi connectivity index (χ1) is 20.8. The minimum absolute atomic E-state index is 0.0617. The average Bonchev–Trinajstić information content (AvgIpc) is 3.03. The van der Waals surface area contributed by atoms with Crippen LogP contribution in [-0.4, -0.2) is 61.0 Å². The summed E-state index contributed by atoms with van der Waals surface area (Å²) in [6, 6.07) is 15.9. The summed E-state index contributed by atoms with van der Waals surface area (Å²) >= 11 is 6.02. The van der Waals surface area contributed by atoms with Crippen LogP contribution in [0.25, 0.3) is 0 Å². The lowest BCUT2D eigenvalue weighted by Crippen LogP contribution is -2.43. The van der Waals surface area contributed by atoms with Crippen LogP contribution in [0.5, 0.6) is 5.75 Å². The van der Waals surface area contributed by atoms with Crippen LogP contribution in [0.3, 0.4) is 0 Å². The molecule has 1 unspecified atom stereocenters. The third-order valence-electron chi connectivity index (χ3n) is 7.74. The molecule has 8 nitrogen and oxygen atoms in total. The van der Waals surface area contributed by atoms with Gasteiger partial charge in [-0.2, -0.15) is 0 Å². The number of halogens is 3. The van der Waals surface area contributed by atoms with E-state index in [-0.39, 0.29) is 35.2 Å². The zero-order valence-electron chi connectivity index (χ0n) is 24.0. The molecule has 43 heavy (non-hydrogen) atoms. The van der Waals surface area contributed by atoms with Gasteiger partial charge in [-0.05, 0) is 93.8 Å². The minimum Gasteiger partial charge on any atom is -0.489 e. The topological polar surface area (TPSA) is 110 Å². The molecule has 2 saturated heterocycles. The molecule has 3 heterocycles. The molecule has 2 aliphatic heterocycles. The fourth-order valence-electron chi connectivity index (χ4n) is 5.17. The number of carbonyl (C=O) groups is 2. The lowest BCUT2D eigenvalue weighted by Gasteiger charge is -2.32. The predicted octanol–water partition coefficient (Wildman–Crippen LogP) is 4.48. The first kappa shape index (κ1) is 32.3. The molecule has 2 aliphatic rings. The molecule has 2 aromatic carbocycles. The van der Waals surface area contributed by atoms with Crippen molar-refractivity contribution in [3.8, 4) is 5.75 Å². The second kappa shape index (κ2) is 16.3. The number of carbonyl (C=O) groups excluding carboxylic acids is 2. The van der Waals surface area contributed by atoms with Crippen molar-refractivity contribution in [2.75, 3.05) is 39.3 Å². The summed E-state index contributed by atoms with van der Waals surface area (Å²) in [6.07, 6.45) is 4.38. The lowest BCUT2D eigenvalue weighted by molar-refractivity contribution is -0.127.